The minimum atomic E-state index is -2.14. The van der Waals surface area contributed by atoms with Crippen molar-refractivity contribution in [2.24, 2.45) is 5.41 Å². The second-order valence-electron chi connectivity index (χ2n) is 13.0. The summed E-state index contributed by atoms with van der Waals surface area (Å²) >= 11 is 0. The van der Waals surface area contributed by atoms with Gasteiger partial charge in [0, 0.05) is 11.6 Å². The van der Waals surface area contributed by atoms with E-state index < -0.39 is 25.5 Å². The Hall–Kier alpha value is -2.84. The lowest BCUT2D eigenvalue weighted by atomic mass is 9.86. The van der Waals surface area contributed by atoms with Crippen LogP contribution in [0.2, 0.25) is 18.1 Å². The predicted octanol–water partition coefficient (Wildman–Crippen LogP) is 7.85. The van der Waals surface area contributed by atoms with Crippen molar-refractivity contribution in [1.82, 2.24) is 4.57 Å². The van der Waals surface area contributed by atoms with Gasteiger partial charge in [0.05, 0.1) is 24.8 Å². The van der Waals surface area contributed by atoms with Gasteiger partial charge in [0.15, 0.2) is 8.32 Å². The molecule has 0 fully saturated rings. The molecule has 218 valence electrons. The van der Waals surface area contributed by atoms with Crippen LogP contribution in [0.5, 0.6) is 0 Å². The maximum Gasteiger partial charge on any atom is 0.343 e. The third-order valence-electron chi connectivity index (χ3n) is 8.04. The number of ether oxygens (including phenoxy) is 1. The number of halogens is 2. The third kappa shape index (κ3) is 7.07. The van der Waals surface area contributed by atoms with E-state index in [-0.39, 0.29) is 39.9 Å². The number of fused-ring (bicyclic) bond motifs is 1. The van der Waals surface area contributed by atoms with Gasteiger partial charge >= 0.3 is 5.97 Å². The van der Waals surface area contributed by atoms with Gasteiger partial charge in [0.25, 0.3) is 0 Å². The number of carbonyl (C=O) groups is 1. The molecule has 0 spiro atoms. The summed E-state index contributed by atoms with van der Waals surface area (Å²) < 4.78 is 42.6. The average Bonchev–Trinajstić information content (AvgIpc) is 2.84. The first kappa shape index (κ1) is 31.7. The molecule has 0 aliphatic rings. The summed E-state index contributed by atoms with van der Waals surface area (Å²) in [5, 5.41) is 0.241. The molecule has 0 unspecified atom stereocenters. The molecule has 40 heavy (non-hydrogen) atoms. The van der Waals surface area contributed by atoms with E-state index in [1.54, 1.807) is 25.1 Å². The molecule has 1 heterocycles. The van der Waals surface area contributed by atoms with Crippen molar-refractivity contribution in [3.05, 3.63) is 81.1 Å². The second-order valence-corrected chi connectivity index (χ2v) is 17.8. The van der Waals surface area contributed by atoms with Crippen molar-refractivity contribution < 1.29 is 22.7 Å². The molecule has 0 saturated heterocycles. The van der Waals surface area contributed by atoms with Gasteiger partial charge in [-0.3, -0.25) is 4.79 Å². The van der Waals surface area contributed by atoms with E-state index in [0.717, 1.165) is 5.56 Å². The molecule has 1 aromatic heterocycles. The molecule has 0 aliphatic carbocycles. The highest BCUT2D eigenvalue weighted by atomic mass is 28.4. The van der Waals surface area contributed by atoms with Crippen molar-refractivity contribution in [2.45, 2.75) is 85.5 Å². The van der Waals surface area contributed by atoms with Crippen molar-refractivity contribution >= 4 is 25.2 Å². The number of hydrogen-bond acceptors (Lipinski definition) is 4. The molecule has 2 aromatic carbocycles. The highest BCUT2D eigenvalue weighted by molar-refractivity contribution is 6.74. The Kier molecular flexibility index (Phi) is 9.46. The fraction of sp³-hybridized carbons (Fsp3) is 0.500. The van der Waals surface area contributed by atoms with Crippen LogP contribution in [0, 0.1) is 17.0 Å². The molecule has 1 atom stereocenters. The molecular formula is C32H43F2NO4Si. The lowest BCUT2D eigenvalue weighted by molar-refractivity contribution is 0.0522. The normalized spacial score (nSPS) is 13.5. The number of carbonyl (C=O) groups excluding carboxylic acids is 1. The molecule has 5 nitrogen and oxygen atoms in total. The Morgan fingerprint density at radius 2 is 1.62 bits per heavy atom. The van der Waals surface area contributed by atoms with Crippen LogP contribution in [0.15, 0.2) is 47.4 Å². The van der Waals surface area contributed by atoms with Gasteiger partial charge in [-0.1, -0.05) is 53.7 Å². The lowest BCUT2D eigenvalue weighted by Gasteiger charge is -2.40. The Morgan fingerprint density at radius 1 is 1.00 bits per heavy atom. The van der Waals surface area contributed by atoms with E-state index in [2.05, 4.69) is 54.6 Å². The number of hydrogen-bond donors (Lipinski definition) is 0. The summed E-state index contributed by atoms with van der Waals surface area (Å²) in [6, 6.07) is 8.69. The van der Waals surface area contributed by atoms with Crippen LogP contribution in [-0.2, 0) is 22.0 Å². The van der Waals surface area contributed by atoms with Crippen LogP contribution in [0.1, 0.15) is 76.0 Å². The van der Waals surface area contributed by atoms with Crippen LogP contribution in [0.4, 0.5) is 8.78 Å². The van der Waals surface area contributed by atoms with E-state index in [1.807, 2.05) is 4.57 Å². The first-order chi connectivity index (χ1) is 18.5. The molecule has 0 bridgehead atoms. The van der Waals surface area contributed by atoms with Gasteiger partial charge in [-0.05, 0) is 78.7 Å². The van der Waals surface area contributed by atoms with Crippen LogP contribution >= 0.6 is 0 Å². The van der Waals surface area contributed by atoms with Crippen LogP contribution in [-0.4, -0.2) is 32.1 Å². The van der Waals surface area contributed by atoms with E-state index >= 15 is 4.39 Å². The van der Waals surface area contributed by atoms with Gasteiger partial charge in [-0.15, -0.1) is 0 Å². The van der Waals surface area contributed by atoms with E-state index in [0.29, 0.717) is 30.5 Å². The maximum atomic E-state index is 15.6. The number of aromatic nitrogens is 1. The monoisotopic (exact) mass is 571 g/mol. The summed E-state index contributed by atoms with van der Waals surface area (Å²) in [6.07, 6.45) is 2.29. The molecule has 0 radical (unpaired) electrons. The number of esters is 1. The number of pyridine rings is 1. The number of rotatable bonds is 9. The van der Waals surface area contributed by atoms with E-state index in [9.17, 15) is 14.0 Å². The maximum absolute atomic E-state index is 15.6. The zero-order valence-corrected chi connectivity index (χ0v) is 26.3. The van der Waals surface area contributed by atoms with Crippen molar-refractivity contribution in [3.63, 3.8) is 0 Å². The van der Waals surface area contributed by atoms with E-state index in [4.69, 9.17) is 9.16 Å². The molecular weight excluding hydrogens is 528 g/mol. The second kappa shape index (κ2) is 11.9. The largest absolute Gasteiger partial charge is 0.462 e. The summed E-state index contributed by atoms with van der Waals surface area (Å²) in [4.78, 5) is 26.5. The molecule has 0 N–H and O–H groups in total. The molecule has 0 amide bonds. The number of aryl methyl sites for hydroxylation is 2. The lowest BCUT2D eigenvalue weighted by Crippen LogP contribution is -2.43. The van der Waals surface area contributed by atoms with Crippen molar-refractivity contribution in [3.8, 4) is 0 Å². The first-order valence-corrected chi connectivity index (χ1v) is 16.8. The van der Waals surface area contributed by atoms with Gasteiger partial charge < -0.3 is 13.7 Å². The van der Waals surface area contributed by atoms with Gasteiger partial charge in [0.2, 0.25) is 5.43 Å². The zero-order valence-electron chi connectivity index (χ0n) is 25.3. The fourth-order valence-corrected chi connectivity index (χ4v) is 5.41. The average molecular weight is 572 g/mol. The predicted molar refractivity (Wildman–Crippen MR) is 160 cm³/mol. The zero-order chi connectivity index (χ0) is 30.0. The highest BCUT2D eigenvalue weighted by Gasteiger charge is 2.39. The number of nitrogens with zero attached hydrogens (tertiary/aromatic N) is 1. The SMILES string of the molecule is CCOC(=O)c1cn([C@H](CO[Si](C)(C)C(C)(C)C)C(C)(C)C)c2cc(F)c(CCc3ccc(F)cc3)cc2c1=O. The minimum absolute atomic E-state index is 0.0112. The Balaban J connectivity index is 2.18. The Labute approximate surface area is 237 Å². The Morgan fingerprint density at radius 3 is 2.17 bits per heavy atom. The third-order valence-corrected chi connectivity index (χ3v) is 12.5. The first-order valence-electron chi connectivity index (χ1n) is 13.9. The summed E-state index contributed by atoms with van der Waals surface area (Å²) in [6.45, 7) is 19.2. The van der Waals surface area contributed by atoms with Crippen LogP contribution < -0.4 is 5.43 Å². The molecule has 3 aromatic rings. The summed E-state index contributed by atoms with van der Waals surface area (Å²) in [5.41, 5.74) is 0.673. The van der Waals surface area contributed by atoms with E-state index in [1.165, 1.54) is 24.4 Å². The van der Waals surface area contributed by atoms with Gasteiger partial charge in [-0.25, -0.2) is 13.6 Å². The quantitative estimate of drug-likeness (QED) is 0.194. The van der Waals surface area contributed by atoms with Crippen molar-refractivity contribution in [2.75, 3.05) is 13.2 Å². The molecule has 0 saturated carbocycles. The fourth-order valence-electron chi connectivity index (χ4n) is 4.40. The molecule has 3 rings (SSSR count). The van der Waals surface area contributed by atoms with Crippen LogP contribution in [0.25, 0.3) is 10.9 Å². The summed E-state index contributed by atoms with van der Waals surface area (Å²) in [5.74, 6) is -1.48. The smallest absolute Gasteiger partial charge is 0.343 e. The molecule has 8 heteroatoms. The standard InChI is InChI=1S/C32H43F2NO4Si/c1-10-38-30(37)25-19-35(28(31(2,3)4)20-39-40(8,9)32(5,6)7)27-18-26(34)22(17-24(27)29(25)36)14-11-21-12-15-23(33)16-13-21/h12-13,15-19,28H,10-11,14,20H2,1-9H3/t28-/m1/s1. The molecule has 0 aliphatic heterocycles. The van der Waals surface area contributed by atoms with Crippen molar-refractivity contribution in [1.29, 1.82) is 0 Å². The van der Waals surface area contributed by atoms with Crippen LogP contribution in [0.3, 0.4) is 0 Å². The topological polar surface area (TPSA) is 57.5 Å². The summed E-state index contributed by atoms with van der Waals surface area (Å²) in [7, 11) is -2.14. The minimum Gasteiger partial charge on any atom is -0.462 e. The van der Waals surface area contributed by atoms with Gasteiger partial charge in [0.1, 0.15) is 17.2 Å². The Bertz CT molecular complexity index is 1420. The van der Waals surface area contributed by atoms with Gasteiger partial charge in [-0.2, -0.15) is 0 Å². The number of benzene rings is 2. The highest BCUT2D eigenvalue weighted by Crippen LogP contribution is 2.40.